The summed E-state index contributed by atoms with van der Waals surface area (Å²) in [5, 5.41) is 14.4. The third-order valence-electron chi connectivity index (χ3n) is 10.5. The summed E-state index contributed by atoms with van der Waals surface area (Å²) < 4.78 is 2.58. The van der Waals surface area contributed by atoms with Crippen LogP contribution in [0.5, 0.6) is 0 Å². The molecule has 0 fully saturated rings. The monoisotopic (exact) mass is 688 g/mol. The van der Waals surface area contributed by atoms with Gasteiger partial charge in [0.2, 0.25) is 0 Å². The minimum absolute atomic E-state index is 0.421. The molecule has 0 amide bonds. The zero-order valence-corrected chi connectivity index (χ0v) is 32.3. The molecule has 2 atom stereocenters. The Balaban J connectivity index is 0.00000228. The minimum Gasteiger partial charge on any atom is -0.355 e. The standard InChI is InChI=1S/C47H51N3.C2H6/c1-5-15-33(3)48-42-27-13-21-36-18-10-17-35(45(36)42)19-11-23-38-29-30-39(47(38)49-40-24-8-7-9-25-40)31-32-43-41-26-12-20-37-22-14-28-44(46(37)41)50(43)34(4)16-6-2;1-2/h7-14,17-18,20-28,31-34,48-49H,5-6,15-16,19,29-30H2,1-4H3;1-2H3/p+1/b23-11+,39-31+,43-32+;. The highest BCUT2D eigenvalue weighted by molar-refractivity contribution is 6.10. The number of quaternary nitrogens is 1. The molecule has 52 heavy (non-hydrogen) atoms. The zero-order chi connectivity index (χ0) is 36.5. The van der Waals surface area contributed by atoms with Crippen LogP contribution in [0.4, 0.5) is 11.4 Å². The van der Waals surface area contributed by atoms with E-state index >= 15 is 0 Å². The number of rotatable bonds is 13. The molecule has 3 nitrogen and oxygen atoms in total. The fourth-order valence-corrected chi connectivity index (χ4v) is 8.18. The van der Waals surface area contributed by atoms with Crippen LogP contribution in [-0.4, -0.2) is 10.6 Å². The van der Waals surface area contributed by atoms with Gasteiger partial charge in [-0.05, 0) is 104 Å². The fourth-order valence-electron chi connectivity index (χ4n) is 8.18. The molecule has 1 aliphatic carbocycles. The Morgan fingerprint density at radius 2 is 1.42 bits per heavy atom. The van der Waals surface area contributed by atoms with Gasteiger partial charge in [-0.1, -0.05) is 138 Å². The molecular weight excluding hydrogens is 631 g/mol. The number of nitrogens with two attached hydrogens (primary N) is 1. The molecule has 2 unspecified atom stereocenters. The summed E-state index contributed by atoms with van der Waals surface area (Å²) in [5.74, 6) is 0. The van der Waals surface area contributed by atoms with E-state index in [0.717, 1.165) is 37.8 Å². The van der Waals surface area contributed by atoms with Crippen molar-refractivity contribution < 1.29 is 5.32 Å². The maximum absolute atomic E-state index is 3.84. The molecule has 0 saturated carbocycles. The van der Waals surface area contributed by atoms with Crippen molar-refractivity contribution in [2.24, 2.45) is 0 Å². The lowest BCUT2D eigenvalue weighted by Crippen LogP contribution is -2.83. The molecule has 0 aliphatic heterocycles. The number of hydrogen-bond donors (Lipinski definition) is 2. The van der Waals surface area contributed by atoms with Crippen LogP contribution in [0.15, 0.2) is 138 Å². The van der Waals surface area contributed by atoms with Crippen LogP contribution in [0.3, 0.4) is 0 Å². The third kappa shape index (κ3) is 7.96. The molecule has 1 heterocycles. The van der Waals surface area contributed by atoms with Crippen LogP contribution in [0.2, 0.25) is 0 Å². The summed E-state index contributed by atoms with van der Waals surface area (Å²) in [4.78, 5) is 0. The second kappa shape index (κ2) is 17.6. The van der Waals surface area contributed by atoms with Crippen molar-refractivity contribution in [2.75, 3.05) is 5.32 Å². The highest BCUT2D eigenvalue weighted by Gasteiger charge is 2.20. The minimum atomic E-state index is 0.421. The van der Waals surface area contributed by atoms with Crippen molar-refractivity contribution in [3.63, 3.8) is 0 Å². The first-order chi connectivity index (χ1) is 25.6. The average molecular weight is 689 g/mol. The number of allylic oxidation sites excluding steroid dienone is 5. The molecule has 6 aromatic rings. The SMILES string of the molecule is CC.CCCC(C)[NH2+]c1cccc2cccc(C/C=C/C3=C(Nc4ccccc4)C(=C/C=c4\c5cccc6cccc(c65)n4C(C)CCC)/CC3)c12. The van der Waals surface area contributed by atoms with Gasteiger partial charge in [-0.3, -0.25) is 0 Å². The Morgan fingerprint density at radius 1 is 0.731 bits per heavy atom. The number of benzene rings is 5. The molecule has 1 aliphatic rings. The fraction of sp³-hybridized carbons (Fsp3) is 0.306. The lowest BCUT2D eigenvalue weighted by atomic mass is 9.99. The number of para-hydroxylation sites is 1. The molecule has 0 saturated heterocycles. The van der Waals surface area contributed by atoms with Gasteiger partial charge in [0, 0.05) is 44.5 Å². The van der Waals surface area contributed by atoms with Gasteiger partial charge in [0.1, 0.15) is 5.69 Å². The van der Waals surface area contributed by atoms with Crippen molar-refractivity contribution >= 4 is 49.9 Å². The maximum Gasteiger partial charge on any atom is 0.137 e. The van der Waals surface area contributed by atoms with Crippen LogP contribution in [-0.2, 0) is 6.42 Å². The molecular formula is C49H58N3+. The van der Waals surface area contributed by atoms with Gasteiger partial charge in [0.05, 0.1) is 6.04 Å². The van der Waals surface area contributed by atoms with Crippen LogP contribution < -0.4 is 16.0 Å². The van der Waals surface area contributed by atoms with Crippen molar-refractivity contribution in [1.82, 2.24) is 4.57 Å². The van der Waals surface area contributed by atoms with E-state index in [1.807, 2.05) is 13.8 Å². The maximum atomic E-state index is 3.84. The second-order valence-corrected chi connectivity index (χ2v) is 14.2. The number of anilines is 1. The van der Waals surface area contributed by atoms with Gasteiger partial charge < -0.3 is 15.2 Å². The van der Waals surface area contributed by atoms with Gasteiger partial charge in [-0.25, -0.2) is 0 Å². The summed E-state index contributed by atoms with van der Waals surface area (Å²) in [6.45, 7) is 13.3. The van der Waals surface area contributed by atoms with Crippen molar-refractivity contribution in [3.8, 4) is 0 Å². The van der Waals surface area contributed by atoms with Gasteiger partial charge in [0.15, 0.2) is 0 Å². The van der Waals surface area contributed by atoms with E-state index < -0.39 is 0 Å². The molecule has 0 radical (unpaired) electrons. The topological polar surface area (TPSA) is 33.6 Å². The molecule has 3 heteroatoms. The Labute approximate surface area is 311 Å². The molecule has 1 aromatic heterocycles. The smallest absolute Gasteiger partial charge is 0.137 e. The van der Waals surface area contributed by atoms with Crippen molar-refractivity contribution in [3.05, 3.63) is 149 Å². The number of hydrogen-bond acceptors (Lipinski definition) is 1. The van der Waals surface area contributed by atoms with Crippen LogP contribution in [0.1, 0.15) is 91.7 Å². The lowest BCUT2D eigenvalue weighted by Gasteiger charge is -2.15. The van der Waals surface area contributed by atoms with E-state index in [1.165, 1.54) is 78.7 Å². The van der Waals surface area contributed by atoms with E-state index in [0.29, 0.717) is 12.1 Å². The van der Waals surface area contributed by atoms with Gasteiger partial charge >= 0.3 is 0 Å². The second-order valence-electron chi connectivity index (χ2n) is 14.2. The molecule has 0 bridgehead atoms. The largest absolute Gasteiger partial charge is 0.355 e. The van der Waals surface area contributed by atoms with Gasteiger partial charge in [-0.15, -0.1) is 0 Å². The Hall–Kier alpha value is -4.86. The van der Waals surface area contributed by atoms with Gasteiger partial charge in [0.25, 0.3) is 0 Å². The Bertz CT molecular complexity index is 2240. The summed E-state index contributed by atoms with van der Waals surface area (Å²) in [6, 6.07) is 38.7. The van der Waals surface area contributed by atoms with Crippen LogP contribution in [0.25, 0.3) is 38.5 Å². The molecule has 7 rings (SSSR count). The quantitative estimate of drug-likeness (QED) is 0.116. The summed E-state index contributed by atoms with van der Waals surface area (Å²) >= 11 is 0. The average Bonchev–Trinajstić information content (AvgIpc) is 3.70. The van der Waals surface area contributed by atoms with Gasteiger partial charge in [-0.2, -0.15) is 0 Å². The van der Waals surface area contributed by atoms with Crippen molar-refractivity contribution in [1.29, 1.82) is 0 Å². The summed E-state index contributed by atoms with van der Waals surface area (Å²) in [6.07, 6.45) is 17.2. The Kier molecular flexibility index (Phi) is 12.5. The summed E-state index contributed by atoms with van der Waals surface area (Å²) in [5.41, 5.74) is 9.19. The Morgan fingerprint density at radius 3 is 2.17 bits per heavy atom. The van der Waals surface area contributed by atoms with E-state index in [-0.39, 0.29) is 0 Å². The molecule has 268 valence electrons. The first kappa shape index (κ1) is 36.9. The normalized spacial score (nSPS) is 15.7. The number of nitrogens with one attached hydrogen (secondary N) is 1. The van der Waals surface area contributed by atoms with E-state index in [4.69, 9.17) is 0 Å². The highest BCUT2D eigenvalue weighted by Crippen LogP contribution is 2.34. The first-order valence-corrected chi connectivity index (χ1v) is 19.9. The third-order valence-corrected chi connectivity index (χ3v) is 10.5. The van der Waals surface area contributed by atoms with Crippen molar-refractivity contribution in [2.45, 2.75) is 98.6 Å². The van der Waals surface area contributed by atoms with Crippen LogP contribution >= 0.6 is 0 Å². The van der Waals surface area contributed by atoms with E-state index in [2.05, 4.69) is 170 Å². The number of fused-ring (bicyclic) bond motifs is 1. The van der Waals surface area contributed by atoms with E-state index in [9.17, 15) is 0 Å². The molecule has 3 N–H and O–H groups in total. The molecule has 0 spiro atoms. The predicted molar refractivity (Wildman–Crippen MR) is 227 cm³/mol. The number of aromatic nitrogens is 1. The zero-order valence-electron chi connectivity index (χ0n) is 32.3. The molecule has 5 aromatic carbocycles. The number of nitrogens with zero attached hydrogens (tertiary/aromatic N) is 1. The van der Waals surface area contributed by atoms with Crippen LogP contribution in [0, 0.1) is 0 Å². The summed E-state index contributed by atoms with van der Waals surface area (Å²) in [7, 11) is 0. The first-order valence-electron chi connectivity index (χ1n) is 19.9. The highest BCUT2D eigenvalue weighted by atomic mass is 15.0. The lowest BCUT2D eigenvalue weighted by molar-refractivity contribution is -0.606. The predicted octanol–water partition coefficient (Wildman–Crippen LogP) is 12.1. The van der Waals surface area contributed by atoms with E-state index in [1.54, 1.807) is 0 Å².